The number of alkyl halides is 4. The highest BCUT2D eigenvalue weighted by Gasteiger charge is 2.46. The Balaban J connectivity index is 1.68. The van der Waals surface area contributed by atoms with Crippen molar-refractivity contribution in [3.63, 3.8) is 0 Å². The van der Waals surface area contributed by atoms with Gasteiger partial charge in [0.1, 0.15) is 28.9 Å². The van der Waals surface area contributed by atoms with Crippen molar-refractivity contribution in [2.45, 2.75) is 140 Å². The van der Waals surface area contributed by atoms with E-state index in [0.29, 0.717) is 17.9 Å². The first-order valence-corrected chi connectivity index (χ1v) is 21.8. The van der Waals surface area contributed by atoms with Crippen LogP contribution in [0.2, 0.25) is 25.7 Å². The highest BCUT2D eigenvalue weighted by Crippen LogP contribution is 2.45. The van der Waals surface area contributed by atoms with Gasteiger partial charge in [-0.25, -0.2) is 22.5 Å². The molecule has 4 rings (SSSR count). The number of nitrogens with one attached hydrogen (secondary N) is 2. The van der Waals surface area contributed by atoms with E-state index in [1.807, 2.05) is 43.5 Å². The lowest BCUT2D eigenvalue weighted by molar-refractivity contribution is -0.183. The first-order valence-electron chi connectivity index (χ1n) is 16.9. The molecule has 0 spiro atoms. The van der Waals surface area contributed by atoms with E-state index in [1.54, 1.807) is 0 Å². The second-order valence-electron chi connectivity index (χ2n) is 16.5. The van der Waals surface area contributed by atoms with E-state index in [2.05, 4.69) is 29.7 Å². The normalized spacial score (nSPS) is 19.6. The molecule has 0 aliphatic heterocycles. The number of hydrogen-bond donors (Lipinski definition) is 2. The number of carbonyl (C=O) groups excluding carboxylic acids is 1. The molecule has 3 atom stereocenters. The molecule has 2 aliphatic rings. The summed E-state index contributed by atoms with van der Waals surface area (Å²) in [6, 6.07) is 5.56. The molecule has 1 aromatic carbocycles. The van der Waals surface area contributed by atoms with Crippen molar-refractivity contribution < 1.29 is 36.4 Å². The second-order valence-corrected chi connectivity index (χ2v) is 24.1. The zero-order chi connectivity index (χ0) is 35.9. The molecule has 14 heteroatoms. The minimum Gasteiger partial charge on any atom is -0.598 e. The van der Waals surface area contributed by atoms with Gasteiger partial charge in [-0.1, -0.05) is 25.7 Å². The molecule has 0 saturated heterocycles. The Kier molecular flexibility index (Phi) is 11.8. The Morgan fingerprint density at radius 3 is 2.33 bits per heavy atom. The zero-order valence-corrected chi connectivity index (χ0v) is 31.7. The molecule has 272 valence electrons. The maximum absolute atomic E-state index is 14.5. The van der Waals surface area contributed by atoms with Crippen LogP contribution in [0.4, 0.5) is 17.6 Å². The van der Waals surface area contributed by atoms with Gasteiger partial charge in [-0.05, 0) is 83.0 Å². The van der Waals surface area contributed by atoms with Gasteiger partial charge in [0, 0.05) is 52.2 Å². The third kappa shape index (κ3) is 10.4. The predicted octanol–water partition coefficient (Wildman–Crippen LogP) is 7.89. The topological polar surface area (TPSA) is 100 Å². The van der Waals surface area contributed by atoms with Gasteiger partial charge in [-0.3, -0.25) is 4.79 Å². The lowest BCUT2D eigenvalue weighted by Gasteiger charge is -2.34. The van der Waals surface area contributed by atoms with Crippen LogP contribution in [-0.2, 0) is 32.4 Å². The van der Waals surface area contributed by atoms with Crippen LogP contribution in [-0.4, -0.2) is 63.5 Å². The zero-order valence-electron chi connectivity index (χ0n) is 29.9. The number of carbonyl (C=O) groups is 1. The van der Waals surface area contributed by atoms with Gasteiger partial charge in [0.25, 0.3) is 5.92 Å². The second kappa shape index (κ2) is 14.5. The molecule has 2 aromatic rings. The maximum Gasteiger partial charge on any atom is 0.273 e. The Morgan fingerprint density at radius 2 is 1.79 bits per heavy atom. The molecular weight excluding hydrogens is 665 g/mol. The van der Waals surface area contributed by atoms with E-state index in [-0.39, 0.29) is 56.4 Å². The van der Waals surface area contributed by atoms with Crippen LogP contribution in [0.3, 0.4) is 0 Å². The van der Waals surface area contributed by atoms with Crippen molar-refractivity contribution in [1.82, 2.24) is 19.6 Å². The Morgan fingerprint density at radius 1 is 1.15 bits per heavy atom. The smallest absolute Gasteiger partial charge is 0.273 e. The lowest BCUT2D eigenvalue weighted by atomic mass is 9.79. The molecule has 2 aliphatic carbocycles. The van der Waals surface area contributed by atoms with Crippen molar-refractivity contribution in [2.24, 2.45) is 11.8 Å². The fraction of sp³-hybridized carbons (Fsp3) is 0.765. The summed E-state index contributed by atoms with van der Waals surface area (Å²) < 4.78 is 85.3. The summed E-state index contributed by atoms with van der Waals surface area (Å²) in [6.07, 6.45) is 1.43. The van der Waals surface area contributed by atoms with E-state index >= 15 is 0 Å². The quantitative estimate of drug-likeness (QED) is 0.0747. The maximum atomic E-state index is 14.5. The molecule has 2 N–H and O–H groups in total. The Labute approximate surface area is 286 Å². The average Bonchev–Trinajstić information content (AvgIpc) is 3.70. The summed E-state index contributed by atoms with van der Waals surface area (Å²) in [5, 5.41) is 3.10. The summed E-state index contributed by atoms with van der Waals surface area (Å²) in [4.78, 5) is 17.9. The summed E-state index contributed by atoms with van der Waals surface area (Å²) in [5.74, 6) is -5.71. The summed E-state index contributed by atoms with van der Waals surface area (Å²) in [7, 11) is -1.38. The number of amides is 1. The van der Waals surface area contributed by atoms with Crippen molar-refractivity contribution in [3.05, 3.63) is 29.6 Å². The monoisotopic (exact) mass is 718 g/mol. The molecule has 0 bridgehead atoms. The van der Waals surface area contributed by atoms with Gasteiger partial charge in [0.05, 0.1) is 23.7 Å². The van der Waals surface area contributed by atoms with Crippen LogP contribution in [0.1, 0.15) is 97.1 Å². The van der Waals surface area contributed by atoms with Gasteiger partial charge in [-0.2, -0.15) is 0 Å². The van der Waals surface area contributed by atoms with Gasteiger partial charge in [-0.15, -0.1) is 4.72 Å². The van der Waals surface area contributed by atoms with E-state index in [1.165, 1.54) is 13.8 Å². The van der Waals surface area contributed by atoms with Crippen LogP contribution < -0.4 is 10.0 Å². The van der Waals surface area contributed by atoms with E-state index in [4.69, 9.17) is 14.5 Å². The molecule has 0 radical (unpaired) electrons. The molecule has 2 saturated carbocycles. The molecule has 1 unspecified atom stereocenters. The van der Waals surface area contributed by atoms with Crippen LogP contribution in [0, 0.1) is 11.8 Å². The Hall–Kier alpha value is -1.71. The number of rotatable bonds is 17. The van der Waals surface area contributed by atoms with Crippen LogP contribution in [0.15, 0.2) is 18.2 Å². The minimum atomic E-state index is -3.14. The predicted molar refractivity (Wildman–Crippen MR) is 184 cm³/mol. The number of hydrogen-bond acceptors (Lipinski definition) is 6. The first-order chi connectivity index (χ1) is 22.0. The molecule has 1 heterocycles. The Bertz CT molecular complexity index is 1410. The molecule has 48 heavy (non-hydrogen) atoms. The first kappa shape index (κ1) is 39.1. The number of halogens is 4. The number of aromatic nitrogens is 2. The minimum absolute atomic E-state index is 0.0695. The standard InChI is InChI=1S/C34H54F4N4O4SSi/c1-31(2,3)47(44)41-26(20-46-32(4,5)33(6,35)36)30-39-25-17-24(12-13-27(25)42(30)21-45-14-15-48(7,8)9)29(23-10-11-23)40-28(43)16-22-18-34(37,38)19-22/h12-13,17,22-23,26,29,41H,10-11,14-16,18-21H2,1-9H3,(H,40,43)/t26-,29+,47?/m0/s1. The van der Waals surface area contributed by atoms with E-state index < -0.39 is 47.7 Å². The van der Waals surface area contributed by atoms with Crippen LogP contribution in [0.5, 0.6) is 0 Å². The number of ether oxygens (including phenoxy) is 2. The summed E-state index contributed by atoms with van der Waals surface area (Å²) >= 11 is -1.59. The van der Waals surface area contributed by atoms with E-state index in [0.717, 1.165) is 36.9 Å². The summed E-state index contributed by atoms with van der Waals surface area (Å²) in [5.41, 5.74) is 0.369. The molecule has 2 fully saturated rings. The molecule has 1 aromatic heterocycles. The van der Waals surface area contributed by atoms with Crippen molar-refractivity contribution >= 4 is 36.4 Å². The number of fused-ring (bicyclic) bond motifs is 1. The van der Waals surface area contributed by atoms with E-state index in [9.17, 15) is 26.9 Å². The van der Waals surface area contributed by atoms with Gasteiger partial charge < -0.3 is 23.9 Å². The van der Waals surface area contributed by atoms with Gasteiger partial charge >= 0.3 is 0 Å². The molecule has 8 nitrogen and oxygen atoms in total. The SMILES string of the molecule is CC(C)(C)[S+]([O-])N[C@@H](COC(C)(C)C(C)(F)F)c1nc2cc([C@H](NC(=O)CC3CC(F)(F)C3)C3CC3)ccc2n1COCC[Si](C)(C)C. The van der Waals surface area contributed by atoms with Crippen molar-refractivity contribution in [1.29, 1.82) is 0 Å². The fourth-order valence-electron chi connectivity index (χ4n) is 5.51. The van der Waals surface area contributed by atoms with Crippen molar-refractivity contribution in [3.8, 4) is 0 Å². The number of imidazole rings is 1. The highest BCUT2D eigenvalue weighted by atomic mass is 32.2. The number of nitrogens with zero attached hydrogens (tertiary/aromatic N) is 2. The van der Waals surface area contributed by atoms with Crippen molar-refractivity contribution in [2.75, 3.05) is 13.2 Å². The van der Waals surface area contributed by atoms with Gasteiger partial charge in [0.2, 0.25) is 11.8 Å². The van der Waals surface area contributed by atoms with Gasteiger partial charge in [0.15, 0.2) is 0 Å². The molecular formula is C34H54F4N4O4SSi. The van der Waals surface area contributed by atoms with Crippen LogP contribution >= 0.6 is 0 Å². The number of benzene rings is 1. The largest absolute Gasteiger partial charge is 0.598 e. The lowest BCUT2D eigenvalue weighted by Crippen LogP contribution is -2.47. The molecule has 1 amide bonds. The third-order valence-corrected chi connectivity index (χ3v) is 12.5. The highest BCUT2D eigenvalue weighted by molar-refractivity contribution is 7.90. The average molecular weight is 719 g/mol. The fourth-order valence-corrected chi connectivity index (χ4v) is 7.05. The summed E-state index contributed by atoms with van der Waals surface area (Å²) in [6.45, 7) is 16.1. The third-order valence-electron chi connectivity index (χ3n) is 9.22. The van der Waals surface area contributed by atoms with Crippen LogP contribution in [0.25, 0.3) is 11.0 Å².